The maximum atomic E-state index is 6.17. The Morgan fingerprint density at radius 3 is 1.93 bits per heavy atom. The molecule has 84 valence electrons. The molecule has 0 spiro atoms. The molecule has 0 saturated heterocycles. The minimum absolute atomic E-state index is 0.311. The molecule has 1 rings (SSSR count). The highest BCUT2D eigenvalue weighted by atomic mass is 79.9. The van der Waals surface area contributed by atoms with Gasteiger partial charge in [0, 0.05) is 14.9 Å². The SMILES string of the molecule is CC(C)C(Br)C(C)c1c(Cl)cccc1Cl. The second-order valence-electron chi connectivity index (χ2n) is 4.11. The number of benzene rings is 1. The Balaban J connectivity index is 3.05. The van der Waals surface area contributed by atoms with Crippen molar-refractivity contribution in [3.63, 3.8) is 0 Å². The molecule has 0 aliphatic rings. The van der Waals surface area contributed by atoms with E-state index in [1.165, 1.54) is 0 Å². The first-order valence-corrected chi connectivity index (χ1v) is 6.70. The summed E-state index contributed by atoms with van der Waals surface area (Å²) < 4.78 is 0. The summed E-state index contributed by atoms with van der Waals surface area (Å²) in [6, 6.07) is 5.65. The van der Waals surface area contributed by atoms with E-state index < -0.39 is 0 Å². The monoisotopic (exact) mass is 308 g/mol. The van der Waals surface area contributed by atoms with Crippen molar-refractivity contribution < 1.29 is 0 Å². The average Bonchev–Trinajstić information content (AvgIpc) is 2.15. The van der Waals surface area contributed by atoms with Crippen LogP contribution in [0.5, 0.6) is 0 Å². The molecule has 15 heavy (non-hydrogen) atoms. The molecule has 2 atom stereocenters. The van der Waals surface area contributed by atoms with Gasteiger partial charge >= 0.3 is 0 Å². The molecule has 0 aliphatic heterocycles. The van der Waals surface area contributed by atoms with Crippen LogP contribution in [0.2, 0.25) is 10.0 Å². The highest BCUT2D eigenvalue weighted by Gasteiger charge is 2.23. The van der Waals surface area contributed by atoms with Crippen LogP contribution in [-0.4, -0.2) is 4.83 Å². The van der Waals surface area contributed by atoms with E-state index in [1.807, 2.05) is 18.2 Å². The van der Waals surface area contributed by atoms with Crippen LogP contribution in [0.3, 0.4) is 0 Å². The van der Waals surface area contributed by atoms with Gasteiger partial charge in [-0.1, -0.05) is 66.0 Å². The van der Waals surface area contributed by atoms with E-state index in [0.29, 0.717) is 16.7 Å². The molecule has 0 aliphatic carbocycles. The minimum Gasteiger partial charge on any atom is -0.0881 e. The van der Waals surface area contributed by atoms with E-state index in [0.717, 1.165) is 15.6 Å². The van der Waals surface area contributed by atoms with Gasteiger partial charge in [-0.25, -0.2) is 0 Å². The van der Waals surface area contributed by atoms with Crippen LogP contribution in [0.25, 0.3) is 0 Å². The summed E-state index contributed by atoms with van der Waals surface area (Å²) in [5.74, 6) is 0.860. The largest absolute Gasteiger partial charge is 0.0881 e. The lowest BCUT2D eigenvalue weighted by Crippen LogP contribution is -2.16. The van der Waals surface area contributed by atoms with Gasteiger partial charge in [0.1, 0.15) is 0 Å². The summed E-state index contributed by atoms with van der Waals surface area (Å²) in [7, 11) is 0. The molecule has 1 aromatic carbocycles. The summed E-state index contributed by atoms with van der Waals surface area (Å²) in [5, 5.41) is 1.50. The normalized spacial score (nSPS) is 15.4. The lowest BCUT2D eigenvalue weighted by Gasteiger charge is -2.23. The standard InChI is InChI=1S/C12H15BrCl2/c1-7(2)12(13)8(3)11-9(14)5-4-6-10(11)15/h4-8,12H,1-3H3. The van der Waals surface area contributed by atoms with Crippen molar-refractivity contribution in [2.24, 2.45) is 5.92 Å². The number of hydrogen-bond donors (Lipinski definition) is 0. The van der Waals surface area contributed by atoms with Crippen molar-refractivity contribution in [1.29, 1.82) is 0 Å². The molecular weight excluding hydrogens is 295 g/mol. The topological polar surface area (TPSA) is 0 Å². The molecule has 0 radical (unpaired) electrons. The maximum Gasteiger partial charge on any atom is 0.0455 e. The molecular formula is C12H15BrCl2. The third-order valence-corrected chi connectivity index (χ3v) is 5.08. The van der Waals surface area contributed by atoms with E-state index in [-0.39, 0.29) is 0 Å². The quantitative estimate of drug-likeness (QED) is 0.645. The van der Waals surface area contributed by atoms with Crippen LogP contribution in [0, 0.1) is 5.92 Å². The second kappa shape index (κ2) is 5.56. The maximum absolute atomic E-state index is 6.17. The molecule has 0 heterocycles. The lowest BCUT2D eigenvalue weighted by atomic mass is 9.92. The van der Waals surface area contributed by atoms with Crippen molar-refractivity contribution in [1.82, 2.24) is 0 Å². The average molecular weight is 310 g/mol. The Labute approximate surface area is 110 Å². The van der Waals surface area contributed by atoms with Gasteiger partial charge in [0.05, 0.1) is 0 Å². The van der Waals surface area contributed by atoms with E-state index in [1.54, 1.807) is 0 Å². The van der Waals surface area contributed by atoms with Gasteiger partial charge in [-0.2, -0.15) is 0 Å². The van der Waals surface area contributed by atoms with Gasteiger partial charge in [0.2, 0.25) is 0 Å². The molecule has 0 fully saturated rings. The highest BCUT2D eigenvalue weighted by molar-refractivity contribution is 9.09. The predicted octanol–water partition coefficient (Wildman–Crippen LogP) is 5.52. The predicted molar refractivity (Wildman–Crippen MR) is 72.4 cm³/mol. The summed E-state index contributed by atoms with van der Waals surface area (Å²) in [6.07, 6.45) is 0. The fourth-order valence-corrected chi connectivity index (χ4v) is 2.69. The number of halogens is 3. The Morgan fingerprint density at radius 1 is 1.07 bits per heavy atom. The first-order chi connectivity index (χ1) is 6.95. The van der Waals surface area contributed by atoms with Crippen LogP contribution < -0.4 is 0 Å². The van der Waals surface area contributed by atoms with Crippen molar-refractivity contribution >= 4 is 39.1 Å². The van der Waals surface area contributed by atoms with Crippen molar-refractivity contribution in [2.45, 2.75) is 31.5 Å². The van der Waals surface area contributed by atoms with Crippen LogP contribution in [0.4, 0.5) is 0 Å². The smallest absolute Gasteiger partial charge is 0.0455 e. The summed E-state index contributed by atoms with van der Waals surface area (Å²) in [4.78, 5) is 0.384. The van der Waals surface area contributed by atoms with Gasteiger partial charge in [-0.15, -0.1) is 0 Å². The Kier molecular flexibility index (Phi) is 4.95. The zero-order valence-corrected chi connectivity index (χ0v) is 12.2. The van der Waals surface area contributed by atoms with Gasteiger partial charge in [0.15, 0.2) is 0 Å². The fourth-order valence-electron chi connectivity index (χ4n) is 1.68. The van der Waals surface area contributed by atoms with Gasteiger partial charge < -0.3 is 0 Å². The van der Waals surface area contributed by atoms with Crippen LogP contribution in [-0.2, 0) is 0 Å². The number of alkyl halides is 1. The van der Waals surface area contributed by atoms with Crippen LogP contribution in [0.1, 0.15) is 32.3 Å². The minimum atomic E-state index is 0.311. The number of rotatable bonds is 3. The lowest BCUT2D eigenvalue weighted by molar-refractivity contribution is 0.550. The van der Waals surface area contributed by atoms with E-state index in [2.05, 4.69) is 36.7 Å². The van der Waals surface area contributed by atoms with E-state index in [9.17, 15) is 0 Å². The highest BCUT2D eigenvalue weighted by Crippen LogP contribution is 2.37. The third-order valence-electron chi connectivity index (χ3n) is 2.57. The molecule has 2 unspecified atom stereocenters. The Bertz CT molecular complexity index is 316. The zero-order chi connectivity index (χ0) is 11.6. The first-order valence-electron chi connectivity index (χ1n) is 5.03. The Hall–Kier alpha value is 0.280. The second-order valence-corrected chi connectivity index (χ2v) is 5.98. The number of hydrogen-bond acceptors (Lipinski definition) is 0. The van der Waals surface area contributed by atoms with Gasteiger partial charge in [0.25, 0.3) is 0 Å². The van der Waals surface area contributed by atoms with Gasteiger partial charge in [-0.3, -0.25) is 0 Å². The van der Waals surface area contributed by atoms with Crippen LogP contribution >= 0.6 is 39.1 Å². The Morgan fingerprint density at radius 2 is 1.53 bits per heavy atom. The summed E-state index contributed by atoms with van der Waals surface area (Å²) in [5.41, 5.74) is 1.04. The zero-order valence-electron chi connectivity index (χ0n) is 9.10. The molecule has 0 aromatic heterocycles. The molecule has 0 bridgehead atoms. The molecule has 0 nitrogen and oxygen atoms in total. The van der Waals surface area contributed by atoms with E-state index >= 15 is 0 Å². The van der Waals surface area contributed by atoms with Crippen molar-refractivity contribution in [2.75, 3.05) is 0 Å². The molecule has 0 amide bonds. The first kappa shape index (κ1) is 13.3. The summed E-state index contributed by atoms with van der Waals surface area (Å²) >= 11 is 16.0. The fraction of sp³-hybridized carbons (Fsp3) is 0.500. The van der Waals surface area contributed by atoms with Crippen LogP contribution in [0.15, 0.2) is 18.2 Å². The molecule has 3 heteroatoms. The third kappa shape index (κ3) is 3.12. The molecule has 1 aromatic rings. The van der Waals surface area contributed by atoms with Crippen molar-refractivity contribution in [3.05, 3.63) is 33.8 Å². The summed E-state index contributed by atoms with van der Waals surface area (Å²) in [6.45, 7) is 6.51. The molecule has 0 saturated carbocycles. The van der Waals surface area contributed by atoms with Crippen molar-refractivity contribution in [3.8, 4) is 0 Å². The van der Waals surface area contributed by atoms with Gasteiger partial charge in [-0.05, 0) is 29.5 Å². The molecule has 0 N–H and O–H groups in total. The van der Waals surface area contributed by atoms with E-state index in [4.69, 9.17) is 23.2 Å².